The van der Waals surface area contributed by atoms with Gasteiger partial charge in [-0.3, -0.25) is 9.00 Å². The molecule has 0 aromatic heterocycles. The van der Waals surface area contributed by atoms with Gasteiger partial charge in [0.1, 0.15) is 23.2 Å². The number of alkyl halides is 5. The molecular formula is C18H20Cl2F4N2O3S. The molecule has 2 fully saturated rings. The van der Waals surface area contributed by atoms with Crippen molar-refractivity contribution >= 4 is 45.6 Å². The number of hydroxylamine groups is 2. The number of piperazine rings is 1. The van der Waals surface area contributed by atoms with Gasteiger partial charge in [0.05, 0.1) is 29.3 Å². The lowest BCUT2D eigenvalue weighted by Crippen LogP contribution is -2.59. The molecule has 2 aliphatic rings. The highest BCUT2D eigenvalue weighted by Crippen LogP contribution is 2.64. The summed E-state index contributed by atoms with van der Waals surface area (Å²) in [6.45, 7) is 2.58. The summed E-state index contributed by atoms with van der Waals surface area (Å²) in [6, 6.07) is 1.89. The first-order valence-electron chi connectivity index (χ1n) is 9.11. The molecule has 1 aliphatic carbocycles. The summed E-state index contributed by atoms with van der Waals surface area (Å²) in [5, 5.41) is 13.3. The Morgan fingerprint density at radius 1 is 1.30 bits per heavy atom. The molecule has 1 heterocycles. The lowest BCUT2D eigenvalue weighted by molar-refractivity contribution is -0.137. The first-order valence-corrected chi connectivity index (χ1v) is 11.2. The fourth-order valence-electron chi connectivity index (χ4n) is 3.64. The minimum absolute atomic E-state index is 0.00999. The molecule has 12 heteroatoms. The van der Waals surface area contributed by atoms with Gasteiger partial charge < -0.3 is 14.8 Å². The van der Waals surface area contributed by atoms with Gasteiger partial charge in [0.15, 0.2) is 11.5 Å². The third kappa shape index (κ3) is 4.34. The maximum atomic E-state index is 14.6. The van der Waals surface area contributed by atoms with Crippen molar-refractivity contribution in [1.82, 2.24) is 9.55 Å². The lowest BCUT2D eigenvalue weighted by atomic mass is 10.1. The van der Waals surface area contributed by atoms with Crippen LogP contribution in [-0.2, 0) is 15.6 Å². The zero-order valence-corrected chi connectivity index (χ0v) is 18.5. The first kappa shape index (κ1) is 23.7. The molecule has 1 aromatic rings. The van der Waals surface area contributed by atoms with Crippen LogP contribution in [0.5, 0.6) is 0 Å². The normalized spacial score (nSPS) is 26.4. The average Bonchev–Trinajstić information content (AvgIpc) is 3.12. The number of quaternary nitrogens is 1. The van der Waals surface area contributed by atoms with E-state index in [1.54, 1.807) is 6.92 Å². The van der Waals surface area contributed by atoms with Crippen LogP contribution >= 0.6 is 23.2 Å². The SMILES string of the molecule is Cc1cc(F)c([N+]2([O-])CCN(C(=O)C3(C)CC3(Cl)Cl)CC2)cc1S(=O)CC(F)(F)F. The number of aryl methyl sites for hydroxylation is 1. The van der Waals surface area contributed by atoms with Crippen molar-refractivity contribution in [2.45, 2.75) is 35.7 Å². The van der Waals surface area contributed by atoms with Gasteiger partial charge >= 0.3 is 6.18 Å². The number of hydrogen-bond acceptors (Lipinski definition) is 3. The van der Waals surface area contributed by atoms with Crippen molar-refractivity contribution < 1.29 is 26.6 Å². The highest BCUT2D eigenvalue weighted by Gasteiger charge is 2.69. The van der Waals surface area contributed by atoms with Crippen LogP contribution in [0.3, 0.4) is 0 Å². The van der Waals surface area contributed by atoms with Crippen molar-refractivity contribution in [2.75, 3.05) is 31.9 Å². The predicted molar refractivity (Wildman–Crippen MR) is 107 cm³/mol. The molecule has 1 saturated carbocycles. The quantitative estimate of drug-likeness (QED) is 0.277. The molecule has 0 N–H and O–H groups in total. The van der Waals surface area contributed by atoms with Gasteiger partial charge in [0.2, 0.25) is 5.91 Å². The van der Waals surface area contributed by atoms with E-state index in [0.717, 1.165) is 12.1 Å². The summed E-state index contributed by atoms with van der Waals surface area (Å²) >= 11 is 12.1. The van der Waals surface area contributed by atoms with E-state index in [2.05, 4.69) is 0 Å². The highest BCUT2D eigenvalue weighted by molar-refractivity contribution is 7.85. The van der Waals surface area contributed by atoms with Gasteiger partial charge in [-0.25, -0.2) is 4.39 Å². The Hall–Kier alpha value is -0.940. The zero-order valence-electron chi connectivity index (χ0n) is 16.2. The minimum Gasteiger partial charge on any atom is -0.627 e. The Kier molecular flexibility index (Phi) is 5.99. The van der Waals surface area contributed by atoms with E-state index in [-0.39, 0.29) is 54.7 Å². The fraction of sp³-hybridized carbons (Fsp3) is 0.611. The topological polar surface area (TPSA) is 60.4 Å². The Balaban J connectivity index is 1.80. The number of hydrogen-bond donors (Lipinski definition) is 0. The molecule has 3 rings (SSSR count). The number of carbonyl (C=O) groups is 1. The monoisotopic (exact) mass is 490 g/mol. The van der Waals surface area contributed by atoms with Gasteiger partial charge in [-0.05, 0) is 31.9 Å². The van der Waals surface area contributed by atoms with Gasteiger partial charge in [0, 0.05) is 11.0 Å². The predicted octanol–water partition coefficient (Wildman–Crippen LogP) is 4.04. The van der Waals surface area contributed by atoms with Crippen LogP contribution in [0.15, 0.2) is 17.0 Å². The number of nitrogens with zero attached hydrogens (tertiary/aromatic N) is 2. The van der Waals surface area contributed by atoms with E-state index in [4.69, 9.17) is 23.2 Å². The molecule has 0 bridgehead atoms. The number of benzene rings is 1. The number of amides is 1. The third-order valence-corrected chi connectivity index (χ3v) is 8.32. The van der Waals surface area contributed by atoms with Crippen LogP contribution in [0.1, 0.15) is 18.9 Å². The van der Waals surface area contributed by atoms with Gasteiger partial charge in [-0.2, -0.15) is 13.2 Å². The van der Waals surface area contributed by atoms with Gasteiger partial charge in [-0.15, -0.1) is 23.2 Å². The standard InChI is InChI=1S/C18H20Cl2F4N2O3S/c1-11-7-12(21)13(8-14(11)30(29)10-18(22,23)24)26(28)5-3-25(4-6-26)15(27)16(2)9-17(16,19)20/h7-8H,3-6,9-10H2,1-2H3. The second-order valence-corrected chi connectivity index (χ2v) is 10.9. The second kappa shape index (κ2) is 7.58. The Labute approximate surface area is 183 Å². The molecule has 1 saturated heterocycles. The van der Waals surface area contributed by atoms with E-state index < -0.39 is 42.9 Å². The van der Waals surface area contributed by atoms with E-state index in [1.165, 1.54) is 11.8 Å². The summed E-state index contributed by atoms with van der Waals surface area (Å²) in [5.41, 5.74) is -1.26. The first-order chi connectivity index (χ1) is 13.6. The van der Waals surface area contributed by atoms with Crippen LogP contribution in [0, 0.1) is 23.4 Å². The lowest BCUT2D eigenvalue weighted by Gasteiger charge is -2.48. The smallest absolute Gasteiger partial charge is 0.400 e. The summed E-state index contributed by atoms with van der Waals surface area (Å²) in [6.07, 6.45) is -4.38. The van der Waals surface area contributed by atoms with Crippen LogP contribution in [0.25, 0.3) is 0 Å². The largest absolute Gasteiger partial charge is 0.627 e. The van der Waals surface area contributed by atoms with E-state index in [0.29, 0.717) is 0 Å². The molecular weight excluding hydrogens is 471 g/mol. The molecule has 168 valence electrons. The average molecular weight is 491 g/mol. The maximum Gasteiger partial charge on any atom is 0.400 e. The van der Waals surface area contributed by atoms with Crippen molar-refractivity contribution in [3.8, 4) is 0 Å². The van der Waals surface area contributed by atoms with Crippen LogP contribution in [-0.4, -0.2) is 57.5 Å². The van der Waals surface area contributed by atoms with Crippen molar-refractivity contribution in [1.29, 1.82) is 0 Å². The molecule has 1 aliphatic heterocycles. The number of halogens is 6. The zero-order chi connectivity index (χ0) is 22.7. The highest BCUT2D eigenvalue weighted by atomic mass is 35.5. The maximum absolute atomic E-state index is 14.6. The number of carbonyl (C=O) groups excluding carboxylic acids is 1. The van der Waals surface area contributed by atoms with Crippen LogP contribution in [0.2, 0.25) is 0 Å². The van der Waals surface area contributed by atoms with Gasteiger partial charge in [0.25, 0.3) is 0 Å². The minimum atomic E-state index is -4.67. The fourth-order valence-corrected chi connectivity index (χ4v) is 5.45. The number of rotatable bonds is 4. The summed E-state index contributed by atoms with van der Waals surface area (Å²) < 4.78 is 62.2. The molecule has 2 unspecified atom stereocenters. The van der Waals surface area contributed by atoms with Crippen molar-refractivity contribution in [3.63, 3.8) is 0 Å². The Bertz CT molecular complexity index is 904. The second-order valence-electron chi connectivity index (χ2n) is 8.02. The Morgan fingerprint density at radius 3 is 2.30 bits per heavy atom. The van der Waals surface area contributed by atoms with E-state index in [9.17, 15) is 31.8 Å². The molecule has 5 nitrogen and oxygen atoms in total. The third-order valence-electron chi connectivity index (χ3n) is 5.70. The Morgan fingerprint density at radius 2 is 1.83 bits per heavy atom. The molecule has 0 spiro atoms. The van der Waals surface area contributed by atoms with Gasteiger partial charge in [-0.1, -0.05) is 0 Å². The summed E-state index contributed by atoms with van der Waals surface area (Å²) in [7, 11) is -2.47. The molecule has 2 atom stereocenters. The summed E-state index contributed by atoms with van der Waals surface area (Å²) in [5.74, 6) is -2.77. The molecule has 30 heavy (non-hydrogen) atoms. The molecule has 1 amide bonds. The summed E-state index contributed by atoms with van der Waals surface area (Å²) in [4.78, 5) is 13.9. The van der Waals surface area contributed by atoms with E-state index in [1.807, 2.05) is 0 Å². The molecule has 0 radical (unpaired) electrons. The van der Waals surface area contributed by atoms with E-state index >= 15 is 0 Å². The molecule has 1 aromatic carbocycles. The van der Waals surface area contributed by atoms with Crippen molar-refractivity contribution in [2.24, 2.45) is 5.41 Å². The van der Waals surface area contributed by atoms with Crippen LogP contribution in [0.4, 0.5) is 23.2 Å². The van der Waals surface area contributed by atoms with Crippen molar-refractivity contribution in [3.05, 3.63) is 28.7 Å². The van der Waals surface area contributed by atoms with Crippen LogP contribution < -0.4 is 4.65 Å².